The molecule has 0 bridgehead atoms. The maximum Gasteiger partial charge on any atom is 0.322 e. The summed E-state index contributed by atoms with van der Waals surface area (Å²) in [5, 5.41) is 10.5. The number of anilines is 1. The zero-order chi connectivity index (χ0) is 20.1. The maximum absolute atomic E-state index is 12.6. The van der Waals surface area contributed by atoms with Crippen LogP contribution in [0.15, 0.2) is 45.7 Å². The van der Waals surface area contributed by atoms with E-state index in [-0.39, 0.29) is 6.01 Å². The van der Waals surface area contributed by atoms with Gasteiger partial charge in [-0.15, -0.1) is 16.9 Å². The lowest BCUT2D eigenvalue weighted by molar-refractivity contribution is 0.102. The normalized spacial score (nSPS) is 10.4. The highest BCUT2D eigenvalue weighted by atomic mass is 32.2. The van der Waals surface area contributed by atoms with Gasteiger partial charge >= 0.3 is 6.01 Å². The first kappa shape index (κ1) is 19.6. The summed E-state index contributed by atoms with van der Waals surface area (Å²) in [4.78, 5) is 13.7. The number of thioether (sulfide) groups is 1. The number of carbonyl (C=O) groups excluding carboxylic acids is 1. The average Bonchev–Trinajstić information content (AvgIpc) is 3.21. The number of methoxy groups -OCH3 is 3. The van der Waals surface area contributed by atoms with Crippen LogP contribution in [0.2, 0.25) is 0 Å². The number of carbonyl (C=O) groups is 1. The van der Waals surface area contributed by atoms with Crippen molar-refractivity contribution in [2.45, 2.75) is 4.90 Å². The van der Waals surface area contributed by atoms with Gasteiger partial charge in [0.1, 0.15) is 0 Å². The number of amides is 1. The Morgan fingerprint density at radius 3 is 2.36 bits per heavy atom. The van der Waals surface area contributed by atoms with E-state index in [0.717, 1.165) is 10.5 Å². The Morgan fingerprint density at radius 1 is 1.04 bits per heavy atom. The number of benzene rings is 2. The zero-order valence-electron chi connectivity index (χ0n) is 15.8. The molecule has 0 aliphatic heterocycles. The molecule has 8 nitrogen and oxygen atoms in total. The molecule has 0 aliphatic carbocycles. The Morgan fingerprint density at radius 2 is 1.75 bits per heavy atom. The van der Waals surface area contributed by atoms with Crippen LogP contribution in [0.1, 0.15) is 10.4 Å². The largest absolute Gasteiger partial charge is 0.493 e. The lowest BCUT2D eigenvalue weighted by atomic mass is 10.1. The fourth-order valence-electron chi connectivity index (χ4n) is 2.53. The van der Waals surface area contributed by atoms with Gasteiger partial charge in [0.05, 0.1) is 21.3 Å². The Bertz CT molecular complexity index is 964. The van der Waals surface area contributed by atoms with Gasteiger partial charge in [0, 0.05) is 16.0 Å². The molecule has 28 heavy (non-hydrogen) atoms. The molecule has 146 valence electrons. The molecule has 1 aromatic heterocycles. The zero-order valence-corrected chi connectivity index (χ0v) is 16.6. The van der Waals surface area contributed by atoms with E-state index < -0.39 is 5.91 Å². The summed E-state index contributed by atoms with van der Waals surface area (Å²) >= 11 is 1.61. The second-order valence-electron chi connectivity index (χ2n) is 5.51. The Labute approximate surface area is 166 Å². The number of nitrogens with one attached hydrogen (secondary N) is 1. The molecule has 3 rings (SSSR count). The Kier molecular flexibility index (Phi) is 6.05. The molecule has 3 aromatic rings. The van der Waals surface area contributed by atoms with Crippen molar-refractivity contribution in [2.75, 3.05) is 32.9 Å². The second-order valence-corrected chi connectivity index (χ2v) is 6.39. The number of nitrogens with zero attached hydrogens (tertiary/aromatic N) is 2. The van der Waals surface area contributed by atoms with E-state index in [1.807, 2.05) is 30.5 Å². The van der Waals surface area contributed by atoms with Crippen molar-refractivity contribution in [1.82, 2.24) is 10.2 Å². The van der Waals surface area contributed by atoms with E-state index in [4.69, 9.17) is 18.6 Å². The molecule has 0 aliphatic rings. The summed E-state index contributed by atoms with van der Waals surface area (Å²) in [5.41, 5.74) is 1.06. The highest BCUT2D eigenvalue weighted by molar-refractivity contribution is 7.98. The lowest BCUT2D eigenvalue weighted by Crippen LogP contribution is -2.13. The number of hydrogen-bond acceptors (Lipinski definition) is 8. The van der Waals surface area contributed by atoms with Crippen molar-refractivity contribution < 1.29 is 23.4 Å². The molecule has 0 saturated heterocycles. The first-order chi connectivity index (χ1) is 13.6. The van der Waals surface area contributed by atoms with Crippen LogP contribution < -0.4 is 19.5 Å². The fraction of sp³-hybridized carbons (Fsp3) is 0.211. The molecule has 0 fully saturated rings. The van der Waals surface area contributed by atoms with Crippen LogP contribution in [0.3, 0.4) is 0 Å². The van der Waals surface area contributed by atoms with Gasteiger partial charge in [-0.3, -0.25) is 10.1 Å². The quantitative estimate of drug-likeness (QED) is 0.598. The topological polar surface area (TPSA) is 95.7 Å². The highest BCUT2D eigenvalue weighted by Crippen LogP contribution is 2.38. The molecule has 2 aromatic carbocycles. The van der Waals surface area contributed by atoms with Gasteiger partial charge < -0.3 is 18.6 Å². The SMILES string of the molecule is COc1cc(C(=O)Nc2nnc(-c3cccc(SC)c3)o2)cc(OC)c1OC. The van der Waals surface area contributed by atoms with Gasteiger partial charge in [-0.1, -0.05) is 11.2 Å². The third kappa shape index (κ3) is 4.04. The third-order valence-corrected chi connectivity index (χ3v) is 4.61. The first-order valence-electron chi connectivity index (χ1n) is 8.19. The molecule has 0 spiro atoms. The highest BCUT2D eigenvalue weighted by Gasteiger charge is 2.19. The monoisotopic (exact) mass is 401 g/mol. The minimum Gasteiger partial charge on any atom is -0.493 e. The van der Waals surface area contributed by atoms with Crippen LogP contribution in [0.4, 0.5) is 6.01 Å². The van der Waals surface area contributed by atoms with Crippen LogP contribution in [0, 0.1) is 0 Å². The molecular weight excluding hydrogens is 382 g/mol. The van der Waals surface area contributed by atoms with Crippen LogP contribution in [0.5, 0.6) is 17.2 Å². The summed E-state index contributed by atoms with van der Waals surface area (Å²) < 4.78 is 21.4. The predicted octanol–water partition coefficient (Wildman–Crippen LogP) is 3.74. The Hall–Kier alpha value is -3.20. The van der Waals surface area contributed by atoms with Crippen LogP contribution in [-0.4, -0.2) is 43.7 Å². The minimum atomic E-state index is -0.452. The fourth-order valence-corrected chi connectivity index (χ4v) is 2.99. The molecule has 0 unspecified atom stereocenters. The molecule has 1 heterocycles. The van der Waals surface area contributed by atoms with E-state index in [0.29, 0.717) is 28.7 Å². The van der Waals surface area contributed by atoms with Gasteiger partial charge in [0.25, 0.3) is 5.91 Å². The van der Waals surface area contributed by atoms with Crippen molar-refractivity contribution in [1.29, 1.82) is 0 Å². The smallest absolute Gasteiger partial charge is 0.322 e. The number of hydrogen-bond donors (Lipinski definition) is 1. The lowest BCUT2D eigenvalue weighted by Gasteiger charge is -2.13. The summed E-state index contributed by atoms with van der Waals surface area (Å²) in [6, 6.07) is 10.7. The summed E-state index contributed by atoms with van der Waals surface area (Å²) in [6.07, 6.45) is 1.98. The number of aromatic nitrogens is 2. The van der Waals surface area contributed by atoms with E-state index in [2.05, 4.69) is 15.5 Å². The molecule has 9 heteroatoms. The van der Waals surface area contributed by atoms with Crippen molar-refractivity contribution in [3.63, 3.8) is 0 Å². The van der Waals surface area contributed by atoms with E-state index in [1.54, 1.807) is 11.8 Å². The van der Waals surface area contributed by atoms with Crippen molar-refractivity contribution in [3.05, 3.63) is 42.0 Å². The molecule has 0 radical (unpaired) electrons. The van der Waals surface area contributed by atoms with Gasteiger partial charge in [0.2, 0.25) is 11.6 Å². The average molecular weight is 401 g/mol. The van der Waals surface area contributed by atoms with E-state index in [9.17, 15) is 4.79 Å². The standard InChI is InChI=1S/C19H19N3O5S/c1-24-14-9-12(10-15(25-2)16(14)26-3)17(23)20-19-22-21-18(27-19)11-6-5-7-13(8-11)28-4/h5-10H,1-4H3,(H,20,22,23). The van der Waals surface area contributed by atoms with Crippen LogP contribution in [-0.2, 0) is 0 Å². The molecule has 0 atom stereocenters. The minimum absolute atomic E-state index is 0.0108. The molecule has 0 saturated carbocycles. The molecule has 1 amide bonds. The number of ether oxygens (including phenoxy) is 3. The first-order valence-corrected chi connectivity index (χ1v) is 9.41. The number of rotatable bonds is 7. The summed E-state index contributed by atoms with van der Waals surface area (Å²) in [7, 11) is 4.45. The summed E-state index contributed by atoms with van der Waals surface area (Å²) in [6.45, 7) is 0. The third-order valence-electron chi connectivity index (χ3n) is 3.89. The van der Waals surface area contributed by atoms with Gasteiger partial charge in [0.15, 0.2) is 11.5 Å². The van der Waals surface area contributed by atoms with Crippen LogP contribution in [0.25, 0.3) is 11.5 Å². The summed E-state index contributed by atoms with van der Waals surface area (Å²) in [5.74, 6) is 0.998. The van der Waals surface area contributed by atoms with Gasteiger partial charge in [-0.2, -0.15) is 0 Å². The molecule has 1 N–H and O–H groups in total. The van der Waals surface area contributed by atoms with Crippen molar-refractivity contribution in [2.24, 2.45) is 0 Å². The van der Waals surface area contributed by atoms with E-state index in [1.165, 1.54) is 33.5 Å². The predicted molar refractivity (Wildman–Crippen MR) is 106 cm³/mol. The maximum atomic E-state index is 12.6. The molecular formula is C19H19N3O5S. The van der Waals surface area contributed by atoms with Gasteiger partial charge in [-0.05, 0) is 36.6 Å². The second kappa shape index (κ2) is 8.66. The van der Waals surface area contributed by atoms with E-state index >= 15 is 0 Å². The van der Waals surface area contributed by atoms with Crippen LogP contribution >= 0.6 is 11.8 Å². The van der Waals surface area contributed by atoms with Crippen molar-refractivity contribution in [3.8, 4) is 28.7 Å². The Balaban J connectivity index is 1.83. The van der Waals surface area contributed by atoms with Gasteiger partial charge in [-0.25, -0.2) is 0 Å². The van der Waals surface area contributed by atoms with Crippen molar-refractivity contribution >= 4 is 23.7 Å².